The van der Waals surface area contributed by atoms with E-state index in [1.54, 1.807) is 0 Å². The largest absolute Gasteiger partial charge is 0.368 e. The summed E-state index contributed by atoms with van der Waals surface area (Å²) in [6.45, 7) is 5.78. The van der Waals surface area contributed by atoms with Gasteiger partial charge >= 0.3 is 0 Å². The van der Waals surface area contributed by atoms with Crippen LogP contribution in [0.5, 0.6) is 0 Å². The van der Waals surface area contributed by atoms with Crippen LogP contribution in [0.15, 0.2) is 36.7 Å². The summed E-state index contributed by atoms with van der Waals surface area (Å²) in [6.07, 6.45) is 8.62. The molecular weight excluding hydrogens is 362 g/mol. The SMILES string of the molecule is Cc1cccc(N2CCN(c3cc(C(=O)NC4CCCCCC4)ncn3)CC2)c1. The van der Waals surface area contributed by atoms with Crippen molar-refractivity contribution in [3.63, 3.8) is 0 Å². The van der Waals surface area contributed by atoms with Gasteiger partial charge < -0.3 is 15.1 Å². The van der Waals surface area contributed by atoms with Gasteiger partial charge in [-0.2, -0.15) is 0 Å². The van der Waals surface area contributed by atoms with E-state index in [9.17, 15) is 4.79 Å². The molecule has 2 aromatic rings. The maximum Gasteiger partial charge on any atom is 0.270 e. The van der Waals surface area contributed by atoms with Crippen LogP contribution >= 0.6 is 0 Å². The highest BCUT2D eigenvalue weighted by atomic mass is 16.1. The van der Waals surface area contributed by atoms with Crippen molar-refractivity contribution in [2.75, 3.05) is 36.0 Å². The molecule has 154 valence electrons. The molecule has 1 saturated carbocycles. The van der Waals surface area contributed by atoms with E-state index in [1.165, 1.54) is 43.3 Å². The second-order valence-corrected chi connectivity index (χ2v) is 8.24. The Morgan fingerprint density at radius 2 is 1.69 bits per heavy atom. The van der Waals surface area contributed by atoms with Crippen LogP contribution in [0.2, 0.25) is 0 Å². The maximum absolute atomic E-state index is 12.7. The molecule has 4 rings (SSSR count). The average Bonchev–Trinajstić information content (AvgIpc) is 3.03. The molecule has 1 N–H and O–H groups in total. The molecule has 0 atom stereocenters. The van der Waals surface area contributed by atoms with E-state index >= 15 is 0 Å². The van der Waals surface area contributed by atoms with Crippen LogP contribution in [-0.2, 0) is 0 Å². The number of carbonyl (C=O) groups is 1. The molecule has 0 bridgehead atoms. The standard InChI is InChI=1S/C23H31N5O/c1-18-7-6-10-20(15-18)27-11-13-28(14-12-27)22-16-21(24-17-25-22)23(29)26-19-8-4-2-3-5-9-19/h6-7,10,15-17,19H,2-5,8-9,11-14H2,1H3,(H,26,29). The van der Waals surface area contributed by atoms with Gasteiger partial charge in [0.25, 0.3) is 5.91 Å². The third kappa shape index (κ3) is 5.05. The normalized spacial score (nSPS) is 18.4. The lowest BCUT2D eigenvalue weighted by Gasteiger charge is -2.36. The molecule has 0 radical (unpaired) electrons. The molecule has 0 spiro atoms. The highest BCUT2D eigenvalue weighted by molar-refractivity contribution is 5.93. The van der Waals surface area contributed by atoms with E-state index in [-0.39, 0.29) is 11.9 Å². The summed E-state index contributed by atoms with van der Waals surface area (Å²) >= 11 is 0. The van der Waals surface area contributed by atoms with Gasteiger partial charge in [0.15, 0.2) is 0 Å². The van der Waals surface area contributed by atoms with Crippen LogP contribution in [-0.4, -0.2) is 48.1 Å². The van der Waals surface area contributed by atoms with E-state index in [4.69, 9.17) is 0 Å². The van der Waals surface area contributed by atoms with Gasteiger partial charge in [-0.05, 0) is 37.5 Å². The monoisotopic (exact) mass is 393 g/mol. The fraction of sp³-hybridized carbons (Fsp3) is 0.522. The number of aryl methyl sites for hydroxylation is 1. The first-order valence-corrected chi connectivity index (χ1v) is 10.9. The first-order chi connectivity index (χ1) is 14.2. The zero-order chi connectivity index (χ0) is 20.1. The van der Waals surface area contributed by atoms with Crippen LogP contribution in [0.25, 0.3) is 0 Å². The van der Waals surface area contributed by atoms with Crippen molar-refractivity contribution < 1.29 is 4.79 Å². The summed E-state index contributed by atoms with van der Waals surface area (Å²) in [5, 5.41) is 3.18. The fourth-order valence-corrected chi connectivity index (χ4v) is 4.35. The lowest BCUT2D eigenvalue weighted by atomic mass is 10.1. The van der Waals surface area contributed by atoms with E-state index in [1.807, 2.05) is 6.07 Å². The number of aromatic nitrogens is 2. The lowest BCUT2D eigenvalue weighted by molar-refractivity contribution is 0.0928. The number of nitrogens with one attached hydrogen (secondary N) is 1. The Balaban J connectivity index is 1.37. The Morgan fingerprint density at radius 1 is 0.966 bits per heavy atom. The van der Waals surface area contributed by atoms with Crippen LogP contribution < -0.4 is 15.1 Å². The smallest absolute Gasteiger partial charge is 0.270 e. The molecule has 1 amide bonds. The van der Waals surface area contributed by atoms with E-state index in [2.05, 4.69) is 56.3 Å². The Hall–Kier alpha value is -2.63. The molecule has 1 aliphatic carbocycles. The van der Waals surface area contributed by atoms with Crippen molar-refractivity contribution >= 4 is 17.4 Å². The first kappa shape index (κ1) is 19.7. The van der Waals surface area contributed by atoms with Gasteiger partial charge in [0.05, 0.1) is 0 Å². The number of carbonyl (C=O) groups excluding carboxylic acids is 1. The highest BCUT2D eigenvalue weighted by Gasteiger charge is 2.21. The molecule has 6 nitrogen and oxygen atoms in total. The maximum atomic E-state index is 12.7. The van der Waals surface area contributed by atoms with E-state index < -0.39 is 0 Å². The predicted octanol–water partition coefficient (Wildman–Crippen LogP) is 3.56. The summed E-state index contributed by atoms with van der Waals surface area (Å²) in [5.41, 5.74) is 3.03. The number of rotatable bonds is 4. The van der Waals surface area contributed by atoms with Crippen molar-refractivity contribution in [1.82, 2.24) is 15.3 Å². The fourth-order valence-electron chi connectivity index (χ4n) is 4.35. The third-order valence-corrected chi connectivity index (χ3v) is 6.05. The van der Waals surface area contributed by atoms with E-state index in [0.29, 0.717) is 5.69 Å². The Labute approximate surface area is 173 Å². The molecule has 1 aliphatic heterocycles. The minimum Gasteiger partial charge on any atom is -0.368 e. The van der Waals surface area contributed by atoms with Gasteiger partial charge in [0.2, 0.25) is 0 Å². The Kier molecular flexibility index (Phi) is 6.27. The molecular formula is C23H31N5O. The molecule has 2 heterocycles. The van der Waals surface area contributed by atoms with Crippen molar-refractivity contribution in [1.29, 1.82) is 0 Å². The molecule has 1 aromatic carbocycles. The number of hydrogen-bond acceptors (Lipinski definition) is 5. The van der Waals surface area contributed by atoms with Crippen molar-refractivity contribution in [2.45, 2.75) is 51.5 Å². The average molecular weight is 394 g/mol. The second kappa shape index (κ2) is 9.25. The molecule has 2 aliphatic rings. The van der Waals surface area contributed by atoms with Crippen LogP contribution in [0.4, 0.5) is 11.5 Å². The first-order valence-electron chi connectivity index (χ1n) is 10.9. The molecule has 1 aromatic heterocycles. The van der Waals surface area contributed by atoms with Crippen molar-refractivity contribution in [3.05, 3.63) is 47.9 Å². The highest BCUT2D eigenvalue weighted by Crippen LogP contribution is 2.21. The number of piperazine rings is 1. The minimum absolute atomic E-state index is 0.0704. The Bertz CT molecular complexity index is 824. The van der Waals surface area contributed by atoms with E-state index in [0.717, 1.165) is 44.8 Å². The quantitative estimate of drug-likeness (QED) is 0.805. The summed E-state index contributed by atoms with van der Waals surface area (Å²) < 4.78 is 0. The van der Waals surface area contributed by atoms with Crippen LogP contribution in [0.3, 0.4) is 0 Å². The van der Waals surface area contributed by atoms with Gasteiger partial charge in [-0.3, -0.25) is 4.79 Å². The zero-order valence-electron chi connectivity index (χ0n) is 17.3. The van der Waals surface area contributed by atoms with Gasteiger partial charge in [-0.1, -0.05) is 37.8 Å². The number of hydrogen-bond donors (Lipinski definition) is 1. The predicted molar refractivity (Wildman–Crippen MR) is 117 cm³/mol. The minimum atomic E-state index is -0.0704. The van der Waals surface area contributed by atoms with Gasteiger partial charge in [0.1, 0.15) is 17.8 Å². The molecule has 1 saturated heterocycles. The number of nitrogens with zero attached hydrogens (tertiary/aromatic N) is 4. The summed E-state index contributed by atoms with van der Waals surface area (Å²) in [5.74, 6) is 0.772. The molecule has 29 heavy (non-hydrogen) atoms. The van der Waals surface area contributed by atoms with Crippen LogP contribution in [0, 0.1) is 6.92 Å². The number of amides is 1. The number of anilines is 2. The topological polar surface area (TPSA) is 61.4 Å². The zero-order valence-corrected chi connectivity index (χ0v) is 17.3. The van der Waals surface area contributed by atoms with Gasteiger partial charge in [-0.15, -0.1) is 0 Å². The summed E-state index contributed by atoms with van der Waals surface area (Å²) in [4.78, 5) is 26.0. The van der Waals surface area contributed by atoms with Crippen LogP contribution in [0.1, 0.15) is 54.6 Å². The summed E-state index contributed by atoms with van der Waals surface area (Å²) in [6, 6.07) is 10.8. The van der Waals surface area contributed by atoms with Crippen molar-refractivity contribution in [3.8, 4) is 0 Å². The second-order valence-electron chi connectivity index (χ2n) is 8.24. The summed E-state index contributed by atoms with van der Waals surface area (Å²) in [7, 11) is 0. The van der Waals surface area contributed by atoms with Gasteiger partial charge in [0, 0.05) is 44.0 Å². The Morgan fingerprint density at radius 3 is 2.41 bits per heavy atom. The molecule has 2 fully saturated rings. The van der Waals surface area contributed by atoms with Gasteiger partial charge in [-0.25, -0.2) is 9.97 Å². The van der Waals surface area contributed by atoms with Crippen molar-refractivity contribution in [2.24, 2.45) is 0 Å². The molecule has 0 unspecified atom stereocenters. The lowest BCUT2D eigenvalue weighted by Crippen LogP contribution is -2.47. The third-order valence-electron chi connectivity index (χ3n) is 6.05. The molecule has 6 heteroatoms. The number of benzene rings is 1.